The first-order valence-electron chi connectivity index (χ1n) is 26.0. The average Bonchev–Trinajstić information content (AvgIpc) is 4.33. The number of aryl methyl sites for hydroxylation is 3. The zero-order valence-electron chi connectivity index (χ0n) is 41.9. The molecule has 1 heterocycles. The van der Waals surface area contributed by atoms with Gasteiger partial charge < -0.3 is 9.32 Å². The van der Waals surface area contributed by atoms with Crippen molar-refractivity contribution in [1.82, 2.24) is 0 Å². The first-order chi connectivity index (χ1) is 36.4. The maximum atomic E-state index is 6.42. The summed E-state index contributed by atoms with van der Waals surface area (Å²) in [6, 6.07) is 88.7. The van der Waals surface area contributed by atoms with Crippen LogP contribution in [0.15, 0.2) is 241 Å². The van der Waals surface area contributed by atoms with Crippen LogP contribution in [-0.2, 0) is 10.8 Å². The molecule has 2 heteroatoms. The maximum absolute atomic E-state index is 6.42. The number of nitrogens with zero attached hydrogens (tertiary/aromatic N) is 1. The highest BCUT2D eigenvalue weighted by atomic mass is 16.3. The van der Waals surface area contributed by atoms with Crippen molar-refractivity contribution in [2.24, 2.45) is 0 Å². The Kier molecular flexibility index (Phi) is 9.09. The molecule has 74 heavy (non-hydrogen) atoms. The highest BCUT2D eigenvalue weighted by molar-refractivity contribution is 6.12. The van der Waals surface area contributed by atoms with Crippen LogP contribution in [0.2, 0.25) is 0 Å². The maximum Gasteiger partial charge on any atom is 0.136 e. The number of fused-ring (bicyclic) bond motifs is 16. The predicted octanol–water partition coefficient (Wildman–Crippen LogP) is 18.7. The van der Waals surface area contributed by atoms with Crippen LogP contribution >= 0.6 is 0 Å². The second-order valence-corrected chi connectivity index (χ2v) is 20.8. The molecule has 350 valence electrons. The molecular formula is C72H51NO. The molecule has 12 aromatic rings. The molecule has 0 unspecified atom stereocenters. The molecule has 0 radical (unpaired) electrons. The van der Waals surface area contributed by atoms with E-state index in [-0.39, 0.29) is 0 Å². The third kappa shape index (κ3) is 5.60. The molecule has 15 rings (SSSR count). The minimum absolute atomic E-state index is 0.516. The van der Waals surface area contributed by atoms with Gasteiger partial charge in [0.15, 0.2) is 0 Å². The second kappa shape index (κ2) is 15.8. The molecule has 11 aromatic carbocycles. The van der Waals surface area contributed by atoms with Gasteiger partial charge in [-0.2, -0.15) is 0 Å². The van der Waals surface area contributed by atoms with E-state index in [1.54, 1.807) is 0 Å². The van der Waals surface area contributed by atoms with Crippen molar-refractivity contribution in [3.63, 3.8) is 0 Å². The Morgan fingerprint density at radius 3 is 1.53 bits per heavy atom. The molecule has 0 bridgehead atoms. The molecular weight excluding hydrogens is 895 g/mol. The summed E-state index contributed by atoms with van der Waals surface area (Å²) in [6.07, 6.45) is 0. The van der Waals surface area contributed by atoms with Crippen LogP contribution in [-0.4, -0.2) is 0 Å². The normalized spacial score (nSPS) is 13.9. The molecule has 3 aliphatic carbocycles. The van der Waals surface area contributed by atoms with Crippen molar-refractivity contribution in [3.05, 3.63) is 303 Å². The second-order valence-electron chi connectivity index (χ2n) is 20.8. The summed E-state index contributed by atoms with van der Waals surface area (Å²) in [5.41, 5.74) is 29.8. The molecule has 1 spiro atoms. The lowest BCUT2D eigenvalue weighted by molar-refractivity contribution is 0.669. The summed E-state index contributed by atoms with van der Waals surface area (Å²) in [7, 11) is 0. The third-order valence-electron chi connectivity index (χ3n) is 17.2. The highest BCUT2D eigenvalue weighted by Crippen LogP contribution is 2.66. The topological polar surface area (TPSA) is 16.4 Å². The van der Waals surface area contributed by atoms with Crippen LogP contribution in [0, 0.1) is 27.7 Å². The quantitative estimate of drug-likeness (QED) is 0.165. The van der Waals surface area contributed by atoms with Crippen molar-refractivity contribution >= 4 is 39.0 Å². The van der Waals surface area contributed by atoms with Gasteiger partial charge in [0.1, 0.15) is 11.2 Å². The molecule has 0 amide bonds. The molecule has 3 aliphatic rings. The van der Waals surface area contributed by atoms with Crippen LogP contribution in [0.3, 0.4) is 0 Å². The Morgan fingerprint density at radius 1 is 0.351 bits per heavy atom. The monoisotopic (exact) mass is 945 g/mol. The van der Waals surface area contributed by atoms with E-state index in [2.05, 4.69) is 263 Å². The van der Waals surface area contributed by atoms with E-state index >= 15 is 0 Å². The number of rotatable bonds is 6. The van der Waals surface area contributed by atoms with Crippen LogP contribution in [0.5, 0.6) is 0 Å². The lowest BCUT2D eigenvalue weighted by Gasteiger charge is -2.36. The Labute approximate surface area is 432 Å². The van der Waals surface area contributed by atoms with Gasteiger partial charge in [-0.05, 0) is 176 Å². The Bertz CT molecular complexity index is 4210. The van der Waals surface area contributed by atoms with Gasteiger partial charge in [-0.3, -0.25) is 0 Å². The summed E-state index contributed by atoms with van der Waals surface area (Å²) < 4.78 is 6.42. The van der Waals surface area contributed by atoms with E-state index in [0.29, 0.717) is 0 Å². The van der Waals surface area contributed by atoms with Gasteiger partial charge in [0, 0.05) is 27.7 Å². The Balaban J connectivity index is 1.04. The lowest BCUT2D eigenvalue weighted by atomic mass is 9.67. The molecule has 1 aromatic heterocycles. The van der Waals surface area contributed by atoms with Crippen molar-refractivity contribution < 1.29 is 4.42 Å². The van der Waals surface area contributed by atoms with Crippen molar-refractivity contribution in [2.75, 3.05) is 4.90 Å². The molecule has 0 fully saturated rings. The number of hydrogen-bond acceptors (Lipinski definition) is 2. The van der Waals surface area contributed by atoms with Gasteiger partial charge in [-0.25, -0.2) is 0 Å². The highest BCUT2D eigenvalue weighted by Gasteiger charge is 2.54. The smallest absolute Gasteiger partial charge is 0.136 e. The van der Waals surface area contributed by atoms with Crippen LogP contribution < -0.4 is 4.90 Å². The lowest BCUT2D eigenvalue weighted by Crippen LogP contribution is -2.29. The van der Waals surface area contributed by atoms with Crippen molar-refractivity contribution in [2.45, 2.75) is 38.5 Å². The fourth-order valence-electron chi connectivity index (χ4n) is 13.9. The van der Waals surface area contributed by atoms with E-state index < -0.39 is 10.8 Å². The van der Waals surface area contributed by atoms with Crippen molar-refractivity contribution in [3.8, 4) is 44.5 Å². The van der Waals surface area contributed by atoms with Gasteiger partial charge >= 0.3 is 0 Å². The first-order valence-corrected chi connectivity index (χ1v) is 26.0. The number of hydrogen-bond donors (Lipinski definition) is 0. The Hall–Kier alpha value is -8.98. The van der Waals surface area contributed by atoms with E-state index in [1.807, 2.05) is 6.07 Å². The molecule has 2 nitrogen and oxygen atoms in total. The number of furan rings is 1. The Morgan fingerprint density at radius 2 is 0.865 bits per heavy atom. The molecule has 0 aliphatic heterocycles. The molecule has 0 atom stereocenters. The zero-order chi connectivity index (χ0) is 49.5. The van der Waals surface area contributed by atoms with E-state index in [9.17, 15) is 0 Å². The summed E-state index contributed by atoms with van der Waals surface area (Å²) in [5.74, 6) is 0. The molecule has 0 saturated carbocycles. The zero-order valence-corrected chi connectivity index (χ0v) is 41.9. The summed E-state index contributed by atoms with van der Waals surface area (Å²) in [4.78, 5) is 2.58. The van der Waals surface area contributed by atoms with Gasteiger partial charge in [0.2, 0.25) is 0 Å². The third-order valence-corrected chi connectivity index (χ3v) is 17.2. The standard InChI is InChI=1S/C72H51NO/c1-44-40-59-63(41-45(44)2)72(61-30-16-12-24-54(61)55-25-13-17-31-62(55)72)70-47(4)46(3)42-65(69(59)70)73(51-36-34-48(35-37-51)53-28-19-33-67-68(53)58-27-14-18-32-66(58)74-67)52-38-39-57-56-26-11-15-29-60(56)71(64(57)43-52,49-20-7-5-8-21-49)50-22-9-6-10-23-50/h5-43H,1-4H3. The molecule has 0 N–H and O–H groups in total. The number of benzene rings is 11. The fourth-order valence-corrected chi connectivity index (χ4v) is 13.9. The van der Waals surface area contributed by atoms with Crippen molar-refractivity contribution in [1.29, 1.82) is 0 Å². The first kappa shape index (κ1) is 42.7. The fraction of sp³-hybridized carbons (Fsp3) is 0.0833. The number of anilines is 3. The average molecular weight is 946 g/mol. The summed E-state index contributed by atoms with van der Waals surface area (Å²) in [6.45, 7) is 9.26. The minimum atomic E-state index is -0.570. The SMILES string of the molecule is Cc1cc2c(cc1C)C1(c3ccccc3-c3ccccc31)c1c(C)c(C)cc(N(c3ccc(-c4cccc5oc6ccccc6c45)cc3)c3ccc4c(c3)C(c3ccccc3)(c3ccccc3)c3ccccc3-4)c1-2. The van der Waals surface area contributed by atoms with Crippen LogP contribution in [0.1, 0.15) is 66.8 Å². The molecule has 0 saturated heterocycles. The largest absolute Gasteiger partial charge is 0.456 e. The van der Waals surface area contributed by atoms with Crippen LogP contribution in [0.4, 0.5) is 17.1 Å². The summed E-state index contributed by atoms with van der Waals surface area (Å²) in [5, 5.41) is 2.27. The van der Waals surface area contributed by atoms with Gasteiger partial charge in [0.25, 0.3) is 0 Å². The summed E-state index contributed by atoms with van der Waals surface area (Å²) >= 11 is 0. The van der Waals surface area contributed by atoms with E-state index in [4.69, 9.17) is 4.42 Å². The van der Waals surface area contributed by atoms with Gasteiger partial charge in [-0.1, -0.05) is 194 Å². The number of para-hydroxylation sites is 1. The van der Waals surface area contributed by atoms with Gasteiger partial charge in [0.05, 0.1) is 16.5 Å². The van der Waals surface area contributed by atoms with Crippen LogP contribution in [0.25, 0.3) is 66.4 Å². The van der Waals surface area contributed by atoms with E-state index in [1.165, 1.54) is 106 Å². The predicted molar refractivity (Wildman–Crippen MR) is 306 cm³/mol. The minimum Gasteiger partial charge on any atom is -0.456 e. The van der Waals surface area contributed by atoms with Gasteiger partial charge in [-0.15, -0.1) is 0 Å². The van der Waals surface area contributed by atoms with E-state index in [0.717, 1.165) is 44.4 Å².